The highest BCUT2D eigenvalue weighted by atomic mass is 32.2. The SMILES string of the molecule is Cc1ccc(NS(=O)(=O)c2ccccc2)cc1NC(=O)C(N)Cc1cnc[nH]1. The van der Waals surface area contributed by atoms with Gasteiger partial charge in [-0.2, -0.15) is 0 Å². The minimum Gasteiger partial charge on any atom is -0.348 e. The zero-order valence-corrected chi connectivity index (χ0v) is 16.0. The first-order valence-electron chi connectivity index (χ1n) is 8.57. The molecule has 3 rings (SSSR count). The average molecular weight is 399 g/mol. The van der Waals surface area contributed by atoms with Crippen molar-refractivity contribution in [1.29, 1.82) is 0 Å². The highest BCUT2D eigenvalue weighted by Crippen LogP contribution is 2.23. The van der Waals surface area contributed by atoms with Crippen molar-refractivity contribution in [3.8, 4) is 0 Å². The van der Waals surface area contributed by atoms with E-state index in [1.54, 1.807) is 42.6 Å². The summed E-state index contributed by atoms with van der Waals surface area (Å²) in [6, 6.07) is 12.2. The van der Waals surface area contributed by atoms with Crippen LogP contribution in [0.2, 0.25) is 0 Å². The summed E-state index contributed by atoms with van der Waals surface area (Å²) in [5, 5.41) is 2.76. The molecule has 0 saturated heterocycles. The molecule has 0 radical (unpaired) electrons. The van der Waals surface area contributed by atoms with E-state index in [0.717, 1.165) is 11.3 Å². The number of carbonyl (C=O) groups is 1. The quantitative estimate of drug-likeness (QED) is 0.483. The Balaban J connectivity index is 1.73. The normalized spacial score (nSPS) is 12.4. The van der Waals surface area contributed by atoms with E-state index in [9.17, 15) is 13.2 Å². The molecular formula is C19H21N5O3S. The number of aromatic amines is 1. The zero-order valence-electron chi connectivity index (χ0n) is 15.2. The number of rotatable bonds is 7. The molecule has 0 aliphatic heterocycles. The largest absolute Gasteiger partial charge is 0.348 e. The Kier molecular flexibility index (Phi) is 5.76. The Morgan fingerprint density at radius 2 is 1.96 bits per heavy atom. The van der Waals surface area contributed by atoms with Crippen molar-refractivity contribution in [2.24, 2.45) is 5.73 Å². The first kappa shape index (κ1) is 19.6. The molecule has 5 N–H and O–H groups in total. The molecule has 0 saturated carbocycles. The lowest BCUT2D eigenvalue weighted by molar-refractivity contribution is -0.117. The van der Waals surface area contributed by atoms with E-state index < -0.39 is 16.1 Å². The molecule has 28 heavy (non-hydrogen) atoms. The van der Waals surface area contributed by atoms with Crippen LogP contribution >= 0.6 is 0 Å². The number of hydrogen-bond acceptors (Lipinski definition) is 5. The number of nitrogens with zero attached hydrogens (tertiary/aromatic N) is 1. The standard InChI is InChI=1S/C19H21N5O3S/c1-13-7-8-14(24-28(26,27)16-5-3-2-4-6-16)10-18(13)23-19(25)17(20)9-15-11-21-12-22-15/h2-8,10-12,17,24H,9,20H2,1H3,(H,21,22)(H,23,25). The average Bonchev–Trinajstić information content (AvgIpc) is 3.18. The van der Waals surface area contributed by atoms with Gasteiger partial charge in [-0.05, 0) is 36.8 Å². The Bertz CT molecular complexity index is 1050. The highest BCUT2D eigenvalue weighted by Gasteiger charge is 2.17. The van der Waals surface area contributed by atoms with Gasteiger partial charge in [0.05, 0.1) is 23.0 Å². The molecule has 0 spiro atoms. The summed E-state index contributed by atoms with van der Waals surface area (Å²) in [4.78, 5) is 19.4. The van der Waals surface area contributed by atoms with Crippen LogP contribution in [0.15, 0.2) is 66.0 Å². The molecule has 1 heterocycles. The van der Waals surface area contributed by atoms with Gasteiger partial charge < -0.3 is 16.0 Å². The Morgan fingerprint density at radius 3 is 2.64 bits per heavy atom. The summed E-state index contributed by atoms with van der Waals surface area (Å²) in [6.45, 7) is 1.81. The van der Waals surface area contributed by atoms with Crippen LogP contribution in [0.25, 0.3) is 0 Å². The van der Waals surface area contributed by atoms with Crippen molar-refractivity contribution < 1.29 is 13.2 Å². The van der Waals surface area contributed by atoms with Crippen molar-refractivity contribution >= 4 is 27.3 Å². The molecule has 0 fully saturated rings. The van der Waals surface area contributed by atoms with Gasteiger partial charge in [0.15, 0.2) is 0 Å². The summed E-state index contributed by atoms with van der Waals surface area (Å²) in [5.41, 5.74) is 8.31. The van der Waals surface area contributed by atoms with Gasteiger partial charge in [-0.25, -0.2) is 13.4 Å². The first-order chi connectivity index (χ1) is 13.3. The number of imidazole rings is 1. The fourth-order valence-electron chi connectivity index (χ4n) is 2.59. The van der Waals surface area contributed by atoms with E-state index in [0.29, 0.717) is 17.8 Å². The molecule has 8 nitrogen and oxygen atoms in total. The molecule has 0 bridgehead atoms. The number of aromatic nitrogens is 2. The number of H-pyrrole nitrogens is 1. The van der Waals surface area contributed by atoms with Gasteiger partial charge in [0.1, 0.15) is 0 Å². The summed E-state index contributed by atoms with van der Waals surface area (Å²) >= 11 is 0. The zero-order chi connectivity index (χ0) is 20.1. The van der Waals surface area contributed by atoms with Gasteiger partial charge in [0.2, 0.25) is 5.91 Å². The predicted molar refractivity (Wildman–Crippen MR) is 107 cm³/mol. The molecule has 0 aliphatic carbocycles. The molecule has 3 aromatic rings. The molecular weight excluding hydrogens is 378 g/mol. The van der Waals surface area contributed by atoms with Crippen molar-refractivity contribution in [3.63, 3.8) is 0 Å². The maximum Gasteiger partial charge on any atom is 0.261 e. The monoisotopic (exact) mass is 399 g/mol. The fourth-order valence-corrected chi connectivity index (χ4v) is 3.66. The number of nitrogens with two attached hydrogens (primary N) is 1. The topological polar surface area (TPSA) is 130 Å². The van der Waals surface area contributed by atoms with E-state index in [4.69, 9.17) is 5.73 Å². The van der Waals surface area contributed by atoms with Crippen molar-refractivity contribution in [2.75, 3.05) is 10.0 Å². The molecule has 1 amide bonds. The Labute approximate surface area is 163 Å². The number of hydrogen-bond donors (Lipinski definition) is 4. The predicted octanol–water partition coefficient (Wildman–Crippen LogP) is 2.03. The lowest BCUT2D eigenvalue weighted by atomic mass is 10.1. The maximum absolute atomic E-state index is 12.5. The summed E-state index contributed by atoms with van der Waals surface area (Å²) in [6.07, 6.45) is 3.44. The minimum absolute atomic E-state index is 0.155. The molecule has 1 atom stereocenters. The Morgan fingerprint density at radius 1 is 1.21 bits per heavy atom. The summed E-state index contributed by atoms with van der Waals surface area (Å²) < 4.78 is 27.5. The van der Waals surface area contributed by atoms with Crippen LogP contribution < -0.4 is 15.8 Å². The van der Waals surface area contributed by atoms with Crippen LogP contribution in [-0.2, 0) is 21.2 Å². The van der Waals surface area contributed by atoms with Gasteiger partial charge in [-0.1, -0.05) is 24.3 Å². The molecule has 0 aliphatic rings. The van der Waals surface area contributed by atoms with Gasteiger partial charge in [0.25, 0.3) is 10.0 Å². The van der Waals surface area contributed by atoms with Gasteiger partial charge in [-0.3, -0.25) is 9.52 Å². The number of benzene rings is 2. The smallest absolute Gasteiger partial charge is 0.261 e. The van der Waals surface area contributed by atoms with Gasteiger partial charge >= 0.3 is 0 Å². The van der Waals surface area contributed by atoms with Crippen molar-refractivity contribution in [2.45, 2.75) is 24.3 Å². The third-order valence-electron chi connectivity index (χ3n) is 4.13. The third kappa shape index (κ3) is 4.76. The summed E-state index contributed by atoms with van der Waals surface area (Å²) in [7, 11) is -3.72. The number of anilines is 2. The number of nitrogens with one attached hydrogen (secondary N) is 3. The molecule has 2 aromatic carbocycles. The van der Waals surface area contributed by atoms with Crippen molar-refractivity contribution in [3.05, 3.63) is 72.3 Å². The van der Waals surface area contributed by atoms with Crippen LogP contribution in [0.1, 0.15) is 11.3 Å². The molecule has 9 heteroatoms. The second-order valence-corrected chi connectivity index (χ2v) is 8.01. The first-order valence-corrected chi connectivity index (χ1v) is 10.1. The second-order valence-electron chi connectivity index (χ2n) is 6.32. The molecule has 1 aromatic heterocycles. The van der Waals surface area contributed by atoms with Crippen LogP contribution in [0.5, 0.6) is 0 Å². The lowest BCUT2D eigenvalue weighted by Gasteiger charge is -2.15. The number of sulfonamides is 1. The summed E-state index contributed by atoms with van der Waals surface area (Å²) in [5.74, 6) is -0.374. The minimum atomic E-state index is -3.72. The lowest BCUT2D eigenvalue weighted by Crippen LogP contribution is -2.37. The van der Waals surface area contributed by atoms with Crippen molar-refractivity contribution in [1.82, 2.24) is 9.97 Å². The fraction of sp³-hybridized carbons (Fsp3) is 0.158. The number of amides is 1. The van der Waals surface area contributed by atoms with Crippen LogP contribution in [-0.4, -0.2) is 30.3 Å². The van der Waals surface area contributed by atoms with E-state index in [1.165, 1.54) is 18.5 Å². The molecule has 146 valence electrons. The third-order valence-corrected chi connectivity index (χ3v) is 5.53. The number of aryl methyl sites for hydroxylation is 1. The van der Waals surface area contributed by atoms with E-state index >= 15 is 0 Å². The molecule has 1 unspecified atom stereocenters. The van der Waals surface area contributed by atoms with E-state index in [1.807, 2.05) is 6.92 Å². The van der Waals surface area contributed by atoms with Gasteiger partial charge in [-0.15, -0.1) is 0 Å². The van der Waals surface area contributed by atoms with Gasteiger partial charge in [0, 0.05) is 24.0 Å². The number of carbonyl (C=O) groups excluding carboxylic acids is 1. The van der Waals surface area contributed by atoms with Crippen LogP contribution in [0, 0.1) is 6.92 Å². The maximum atomic E-state index is 12.5. The van der Waals surface area contributed by atoms with Crippen LogP contribution in [0.4, 0.5) is 11.4 Å². The van der Waals surface area contributed by atoms with E-state index in [-0.39, 0.29) is 10.8 Å². The Hall–Kier alpha value is -3.17. The van der Waals surface area contributed by atoms with E-state index in [2.05, 4.69) is 20.0 Å². The second kappa shape index (κ2) is 8.24. The highest BCUT2D eigenvalue weighted by molar-refractivity contribution is 7.92. The van der Waals surface area contributed by atoms with Crippen LogP contribution in [0.3, 0.4) is 0 Å².